The first-order valence-corrected chi connectivity index (χ1v) is 6.93. The van der Waals surface area contributed by atoms with Gasteiger partial charge in [0, 0.05) is 24.2 Å². The van der Waals surface area contributed by atoms with Crippen molar-refractivity contribution in [1.29, 1.82) is 0 Å². The lowest BCUT2D eigenvalue weighted by Crippen LogP contribution is -2.22. The van der Waals surface area contributed by atoms with Gasteiger partial charge in [-0.15, -0.1) is 11.3 Å². The summed E-state index contributed by atoms with van der Waals surface area (Å²) in [7, 11) is 1.99. The number of carboxylic acids is 1. The molecule has 0 aliphatic carbocycles. The molecule has 2 rings (SSSR count). The molecule has 0 aliphatic rings. The van der Waals surface area contributed by atoms with Gasteiger partial charge in [0.15, 0.2) is 5.69 Å². The lowest BCUT2D eigenvalue weighted by Gasteiger charge is -2.17. The molecule has 1 N–H and O–H groups in total. The third-order valence-corrected chi connectivity index (χ3v) is 3.79. The Balaban J connectivity index is 1.95. The first kappa shape index (κ1) is 13.7. The SMILES string of the molecule is CN(CCc1cccs1)Cc1cccnc1C(=O)O. The minimum atomic E-state index is -0.970. The van der Waals surface area contributed by atoms with Crippen LogP contribution < -0.4 is 0 Å². The predicted octanol–water partition coefficient (Wildman–Crippen LogP) is 2.52. The molecule has 0 unspecified atom stereocenters. The van der Waals surface area contributed by atoms with Crippen molar-refractivity contribution in [3.8, 4) is 0 Å². The number of pyridine rings is 1. The standard InChI is InChI=1S/C14H16N2O2S/c1-16(8-6-12-5-3-9-19-12)10-11-4-2-7-15-13(11)14(17)18/h2-5,7,9H,6,8,10H2,1H3,(H,17,18). The number of carbonyl (C=O) groups is 1. The average molecular weight is 276 g/mol. The molecule has 100 valence electrons. The van der Waals surface area contributed by atoms with Gasteiger partial charge in [0.1, 0.15) is 0 Å². The number of rotatable bonds is 6. The molecular formula is C14H16N2O2S. The number of aromatic nitrogens is 1. The molecule has 4 nitrogen and oxygen atoms in total. The van der Waals surface area contributed by atoms with E-state index in [9.17, 15) is 4.79 Å². The molecule has 19 heavy (non-hydrogen) atoms. The molecule has 0 fully saturated rings. The van der Waals surface area contributed by atoms with Gasteiger partial charge in [0.2, 0.25) is 0 Å². The minimum absolute atomic E-state index is 0.144. The van der Waals surface area contributed by atoms with Crippen LogP contribution in [0.15, 0.2) is 35.8 Å². The Kier molecular flexibility index (Phi) is 4.65. The lowest BCUT2D eigenvalue weighted by atomic mass is 10.2. The number of nitrogens with zero attached hydrogens (tertiary/aromatic N) is 2. The van der Waals surface area contributed by atoms with Crippen molar-refractivity contribution in [3.63, 3.8) is 0 Å². The predicted molar refractivity (Wildman–Crippen MR) is 75.6 cm³/mol. The maximum absolute atomic E-state index is 11.1. The molecule has 0 radical (unpaired) electrons. The second kappa shape index (κ2) is 6.45. The van der Waals surface area contributed by atoms with Crippen molar-refractivity contribution < 1.29 is 9.90 Å². The highest BCUT2D eigenvalue weighted by atomic mass is 32.1. The van der Waals surface area contributed by atoms with E-state index in [0.29, 0.717) is 6.54 Å². The van der Waals surface area contributed by atoms with E-state index >= 15 is 0 Å². The fourth-order valence-corrected chi connectivity index (χ4v) is 2.58. The summed E-state index contributed by atoms with van der Waals surface area (Å²) in [6.45, 7) is 1.50. The molecule has 0 saturated heterocycles. The molecule has 5 heteroatoms. The molecule has 0 saturated carbocycles. The van der Waals surface area contributed by atoms with Crippen LogP contribution in [0, 0.1) is 0 Å². The Morgan fingerprint density at radius 3 is 2.95 bits per heavy atom. The van der Waals surface area contributed by atoms with Gasteiger partial charge in [-0.25, -0.2) is 9.78 Å². The summed E-state index contributed by atoms with van der Waals surface area (Å²) in [5.41, 5.74) is 0.897. The van der Waals surface area contributed by atoms with Crippen LogP contribution in [-0.2, 0) is 13.0 Å². The van der Waals surface area contributed by atoms with E-state index in [1.807, 2.05) is 19.2 Å². The van der Waals surface area contributed by atoms with Gasteiger partial charge in [-0.3, -0.25) is 0 Å². The average Bonchev–Trinajstić information content (AvgIpc) is 2.90. The van der Waals surface area contributed by atoms with E-state index in [-0.39, 0.29) is 5.69 Å². The number of hydrogen-bond donors (Lipinski definition) is 1. The maximum atomic E-state index is 11.1. The van der Waals surface area contributed by atoms with Crippen molar-refractivity contribution >= 4 is 17.3 Å². The van der Waals surface area contributed by atoms with E-state index in [1.54, 1.807) is 17.4 Å². The van der Waals surface area contributed by atoms with Gasteiger partial charge >= 0.3 is 5.97 Å². The van der Waals surface area contributed by atoms with Crippen molar-refractivity contribution in [3.05, 3.63) is 52.0 Å². The molecular weight excluding hydrogens is 260 g/mol. The topological polar surface area (TPSA) is 53.4 Å². The van der Waals surface area contributed by atoms with Gasteiger partial charge < -0.3 is 10.0 Å². The summed E-state index contributed by atoms with van der Waals surface area (Å²) in [5.74, 6) is -0.970. The summed E-state index contributed by atoms with van der Waals surface area (Å²) in [6.07, 6.45) is 2.50. The third-order valence-electron chi connectivity index (χ3n) is 2.85. The van der Waals surface area contributed by atoms with Gasteiger partial charge in [-0.1, -0.05) is 12.1 Å². The minimum Gasteiger partial charge on any atom is -0.477 e. The van der Waals surface area contributed by atoms with Crippen molar-refractivity contribution in [1.82, 2.24) is 9.88 Å². The molecule has 2 aromatic rings. The van der Waals surface area contributed by atoms with Gasteiger partial charge in [-0.2, -0.15) is 0 Å². The highest BCUT2D eigenvalue weighted by Gasteiger charge is 2.12. The maximum Gasteiger partial charge on any atom is 0.354 e. The molecule has 0 bridgehead atoms. The Hall–Kier alpha value is -1.72. The van der Waals surface area contributed by atoms with Crippen LogP contribution in [0.5, 0.6) is 0 Å². The Morgan fingerprint density at radius 2 is 2.26 bits per heavy atom. The van der Waals surface area contributed by atoms with Crippen LogP contribution in [0.2, 0.25) is 0 Å². The van der Waals surface area contributed by atoms with Crippen molar-refractivity contribution in [2.45, 2.75) is 13.0 Å². The highest BCUT2D eigenvalue weighted by molar-refractivity contribution is 7.09. The zero-order valence-corrected chi connectivity index (χ0v) is 11.6. The largest absolute Gasteiger partial charge is 0.477 e. The zero-order chi connectivity index (χ0) is 13.7. The number of thiophene rings is 1. The fourth-order valence-electron chi connectivity index (χ4n) is 1.88. The monoisotopic (exact) mass is 276 g/mol. The molecule has 0 amide bonds. The summed E-state index contributed by atoms with van der Waals surface area (Å²) in [6, 6.07) is 7.75. The number of carboxylic acid groups (broad SMARTS) is 1. The van der Waals surface area contributed by atoms with Crippen LogP contribution in [0.1, 0.15) is 20.9 Å². The number of aromatic carboxylic acids is 1. The smallest absolute Gasteiger partial charge is 0.354 e. The Morgan fingerprint density at radius 1 is 1.42 bits per heavy atom. The van der Waals surface area contributed by atoms with Crippen molar-refractivity contribution in [2.75, 3.05) is 13.6 Å². The molecule has 0 atom stereocenters. The fraction of sp³-hybridized carbons (Fsp3) is 0.286. The van der Waals surface area contributed by atoms with Crippen LogP contribution in [0.25, 0.3) is 0 Å². The number of likely N-dealkylation sites (N-methyl/N-ethyl adjacent to an activating group) is 1. The van der Waals surface area contributed by atoms with Crippen LogP contribution in [-0.4, -0.2) is 34.6 Å². The van der Waals surface area contributed by atoms with Crippen LogP contribution in [0.4, 0.5) is 0 Å². The van der Waals surface area contributed by atoms with E-state index < -0.39 is 5.97 Å². The summed E-state index contributed by atoms with van der Waals surface area (Å²) < 4.78 is 0. The summed E-state index contributed by atoms with van der Waals surface area (Å²) in [4.78, 5) is 18.4. The molecule has 0 spiro atoms. The van der Waals surface area contributed by atoms with E-state index in [4.69, 9.17) is 5.11 Å². The number of hydrogen-bond acceptors (Lipinski definition) is 4. The van der Waals surface area contributed by atoms with Gasteiger partial charge in [-0.05, 0) is 36.5 Å². The van der Waals surface area contributed by atoms with Gasteiger partial charge in [0.25, 0.3) is 0 Å². The molecule has 0 aliphatic heterocycles. The third kappa shape index (κ3) is 3.87. The summed E-state index contributed by atoms with van der Waals surface area (Å²) in [5, 5.41) is 11.1. The Bertz CT molecular complexity index is 540. The first-order chi connectivity index (χ1) is 9.16. The lowest BCUT2D eigenvalue weighted by molar-refractivity contribution is 0.0688. The molecule has 2 aromatic heterocycles. The van der Waals surface area contributed by atoms with E-state index in [2.05, 4.69) is 21.3 Å². The van der Waals surface area contributed by atoms with E-state index in [1.165, 1.54) is 11.1 Å². The molecule has 0 aromatic carbocycles. The normalized spacial score (nSPS) is 10.8. The second-order valence-corrected chi connectivity index (χ2v) is 5.42. The quantitative estimate of drug-likeness (QED) is 0.881. The molecule has 2 heterocycles. The highest BCUT2D eigenvalue weighted by Crippen LogP contribution is 2.12. The van der Waals surface area contributed by atoms with Gasteiger partial charge in [0.05, 0.1) is 0 Å². The Labute approximate surface area is 116 Å². The van der Waals surface area contributed by atoms with Crippen LogP contribution in [0.3, 0.4) is 0 Å². The van der Waals surface area contributed by atoms with Crippen LogP contribution >= 0.6 is 11.3 Å². The van der Waals surface area contributed by atoms with E-state index in [0.717, 1.165) is 18.5 Å². The first-order valence-electron chi connectivity index (χ1n) is 6.05. The zero-order valence-electron chi connectivity index (χ0n) is 10.7. The summed E-state index contributed by atoms with van der Waals surface area (Å²) >= 11 is 1.75. The second-order valence-electron chi connectivity index (χ2n) is 4.38. The van der Waals surface area contributed by atoms with Crippen molar-refractivity contribution in [2.24, 2.45) is 0 Å².